The first-order valence-corrected chi connectivity index (χ1v) is 12.1. The monoisotopic (exact) mass is 492 g/mol. The van der Waals surface area contributed by atoms with Crippen molar-refractivity contribution in [2.75, 3.05) is 17.8 Å². The number of rotatable bonds is 8. The molecule has 1 aromatic heterocycles. The van der Waals surface area contributed by atoms with Crippen LogP contribution in [0.5, 0.6) is 0 Å². The minimum absolute atomic E-state index is 0.218. The maximum absolute atomic E-state index is 14.8. The van der Waals surface area contributed by atoms with E-state index in [0.29, 0.717) is 0 Å². The number of hydrogen-bond donors (Lipinski definition) is 1. The Kier molecular flexibility index (Phi) is 7.77. The molecule has 0 atom stereocenters. The van der Waals surface area contributed by atoms with Crippen LogP contribution < -0.4 is 4.72 Å². The van der Waals surface area contributed by atoms with Crippen LogP contribution in [0.4, 0.5) is 15.8 Å². The molecule has 3 aromatic rings. The summed E-state index contributed by atoms with van der Waals surface area (Å²) in [5.41, 5.74) is 2.69. The molecule has 0 bridgehead atoms. The van der Waals surface area contributed by atoms with Crippen LogP contribution in [0.2, 0.25) is 0 Å². The number of ether oxygens (including phenoxy) is 1. The summed E-state index contributed by atoms with van der Waals surface area (Å²) < 4.78 is 23.2. The van der Waals surface area contributed by atoms with Gasteiger partial charge in [0, 0.05) is 18.0 Å². The van der Waals surface area contributed by atoms with E-state index in [2.05, 4.69) is 21.6 Å². The Morgan fingerprint density at radius 3 is 2.74 bits per heavy atom. The van der Waals surface area contributed by atoms with Crippen LogP contribution in [0, 0.1) is 5.82 Å². The summed E-state index contributed by atoms with van der Waals surface area (Å²) >= 11 is 1.27. The predicted molar refractivity (Wildman–Crippen MR) is 135 cm³/mol. The average Bonchev–Trinajstić information content (AvgIpc) is 2.86. The molecular formula is C26H25FN4O3S. The Bertz CT molecular complexity index is 1250. The van der Waals surface area contributed by atoms with Crippen LogP contribution in [0.15, 0.2) is 70.7 Å². The fraction of sp³-hybridized carbons (Fsp3) is 0.231. The zero-order valence-corrected chi connectivity index (χ0v) is 20.2. The Hall–Kier alpha value is -3.72. The summed E-state index contributed by atoms with van der Waals surface area (Å²) in [6.07, 6.45) is 3.68. The SMILES string of the molecule is CC=Nc1c(CC)cccc1SNc1ccc(C(=O)N2CC(OC(=O)c3ccccn3)C2)cc1F. The van der Waals surface area contributed by atoms with Crippen LogP contribution >= 0.6 is 11.9 Å². The van der Waals surface area contributed by atoms with Gasteiger partial charge in [0.1, 0.15) is 17.6 Å². The number of anilines is 1. The molecule has 1 amide bonds. The summed E-state index contributed by atoms with van der Waals surface area (Å²) in [5.74, 6) is -1.38. The maximum Gasteiger partial charge on any atom is 0.357 e. The van der Waals surface area contributed by atoms with Gasteiger partial charge in [0.15, 0.2) is 0 Å². The van der Waals surface area contributed by atoms with Crippen LogP contribution in [-0.2, 0) is 11.2 Å². The molecule has 1 saturated heterocycles. The molecule has 1 aliphatic rings. The maximum atomic E-state index is 14.8. The lowest BCUT2D eigenvalue weighted by atomic mass is 10.1. The van der Waals surface area contributed by atoms with E-state index in [1.807, 2.05) is 25.1 Å². The second-order valence-corrected chi connectivity index (χ2v) is 8.70. The number of aromatic nitrogens is 1. The molecule has 0 spiro atoms. The van der Waals surface area contributed by atoms with Crippen molar-refractivity contribution in [3.05, 3.63) is 83.4 Å². The molecule has 0 saturated carbocycles. The molecule has 0 radical (unpaired) electrons. The Balaban J connectivity index is 1.34. The molecule has 9 heteroatoms. The number of benzene rings is 2. The number of carbonyl (C=O) groups is 2. The van der Waals surface area contributed by atoms with E-state index in [-0.39, 0.29) is 35.9 Å². The highest BCUT2D eigenvalue weighted by atomic mass is 32.2. The average molecular weight is 493 g/mol. The Labute approximate surface area is 207 Å². The molecule has 2 aromatic carbocycles. The molecule has 4 rings (SSSR count). The van der Waals surface area contributed by atoms with Crippen LogP contribution in [0.1, 0.15) is 40.3 Å². The molecule has 1 N–H and O–H groups in total. The summed E-state index contributed by atoms with van der Waals surface area (Å²) in [7, 11) is 0. The molecule has 35 heavy (non-hydrogen) atoms. The zero-order chi connectivity index (χ0) is 24.8. The van der Waals surface area contributed by atoms with Crippen LogP contribution in [0.25, 0.3) is 0 Å². The fourth-order valence-corrected chi connectivity index (χ4v) is 4.42. The standard InChI is InChI=1S/C26H25FN4O3S/c1-3-17-8-7-10-23(24(17)28-4-2)35-30-21-12-11-18(14-20(21)27)25(32)31-15-19(16-31)34-26(33)22-9-5-6-13-29-22/h4-14,19,30H,3,15-16H2,1-2H3. The number of nitrogens with one attached hydrogen (secondary N) is 1. The minimum atomic E-state index is -0.533. The van der Waals surface area contributed by atoms with Crippen molar-refractivity contribution in [1.29, 1.82) is 0 Å². The van der Waals surface area contributed by atoms with Gasteiger partial charge in [0.05, 0.1) is 29.4 Å². The molecule has 2 heterocycles. The number of aryl methyl sites for hydroxylation is 1. The summed E-state index contributed by atoms with van der Waals surface area (Å²) in [6, 6.07) is 15.2. The van der Waals surface area contributed by atoms with E-state index < -0.39 is 17.9 Å². The van der Waals surface area contributed by atoms with Crippen molar-refractivity contribution in [3.63, 3.8) is 0 Å². The summed E-state index contributed by atoms with van der Waals surface area (Å²) in [4.78, 5) is 35.6. The lowest BCUT2D eigenvalue weighted by molar-refractivity contribution is -0.0238. The minimum Gasteiger partial charge on any atom is -0.454 e. The largest absolute Gasteiger partial charge is 0.454 e. The number of halogens is 1. The van der Waals surface area contributed by atoms with Gasteiger partial charge in [-0.05, 0) is 67.3 Å². The zero-order valence-electron chi connectivity index (χ0n) is 19.4. The van der Waals surface area contributed by atoms with E-state index in [4.69, 9.17) is 4.74 Å². The second kappa shape index (κ2) is 11.1. The molecule has 180 valence electrons. The normalized spacial score (nSPS) is 13.5. The van der Waals surface area contributed by atoms with Crippen molar-refractivity contribution in [2.24, 2.45) is 4.99 Å². The van der Waals surface area contributed by atoms with Gasteiger partial charge in [-0.15, -0.1) is 0 Å². The number of hydrogen-bond acceptors (Lipinski definition) is 7. The predicted octanol–water partition coefficient (Wildman–Crippen LogP) is 5.31. The van der Waals surface area contributed by atoms with Gasteiger partial charge in [-0.2, -0.15) is 0 Å². The van der Waals surface area contributed by atoms with Gasteiger partial charge in [0.25, 0.3) is 5.91 Å². The molecular weight excluding hydrogens is 467 g/mol. The van der Waals surface area contributed by atoms with Gasteiger partial charge >= 0.3 is 5.97 Å². The van der Waals surface area contributed by atoms with E-state index in [0.717, 1.165) is 22.6 Å². The lowest BCUT2D eigenvalue weighted by Crippen LogP contribution is -2.55. The molecule has 1 fully saturated rings. The van der Waals surface area contributed by atoms with Gasteiger partial charge < -0.3 is 14.4 Å². The fourth-order valence-electron chi connectivity index (χ4n) is 3.61. The third-order valence-corrected chi connectivity index (χ3v) is 6.36. The van der Waals surface area contributed by atoms with Gasteiger partial charge in [0.2, 0.25) is 0 Å². The Morgan fingerprint density at radius 2 is 2.06 bits per heavy atom. The number of para-hydroxylation sites is 1. The topological polar surface area (TPSA) is 83.9 Å². The van der Waals surface area contributed by atoms with E-state index >= 15 is 0 Å². The molecule has 0 unspecified atom stereocenters. The number of carbonyl (C=O) groups excluding carboxylic acids is 2. The highest BCUT2D eigenvalue weighted by molar-refractivity contribution is 8.00. The highest BCUT2D eigenvalue weighted by Gasteiger charge is 2.34. The number of nitrogens with zero attached hydrogens (tertiary/aromatic N) is 3. The van der Waals surface area contributed by atoms with Crippen molar-refractivity contribution in [1.82, 2.24) is 9.88 Å². The first kappa shape index (κ1) is 24.4. The first-order chi connectivity index (χ1) is 17.0. The number of aliphatic imine (C=N–C) groups is 1. The first-order valence-electron chi connectivity index (χ1n) is 11.2. The molecule has 1 aliphatic heterocycles. The summed E-state index contributed by atoms with van der Waals surface area (Å²) in [6.45, 7) is 4.42. The van der Waals surface area contributed by atoms with Crippen LogP contribution in [-0.4, -0.2) is 47.2 Å². The van der Waals surface area contributed by atoms with E-state index in [1.54, 1.807) is 36.5 Å². The van der Waals surface area contributed by atoms with Crippen LogP contribution in [0.3, 0.4) is 0 Å². The highest BCUT2D eigenvalue weighted by Crippen LogP contribution is 2.34. The number of esters is 1. The van der Waals surface area contributed by atoms with Gasteiger partial charge in [-0.25, -0.2) is 14.2 Å². The van der Waals surface area contributed by atoms with E-state index in [1.165, 1.54) is 29.1 Å². The second-order valence-electron chi connectivity index (χ2n) is 7.86. The third-order valence-electron chi connectivity index (χ3n) is 5.49. The number of likely N-dealkylation sites (tertiary alicyclic amines) is 1. The van der Waals surface area contributed by atoms with Crippen molar-refractivity contribution >= 4 is 41.4 Å². The van der Waals surface area contributed by atoms with E-state index in [9.17, 15) is 14.0 Å². The molecule has 7 nitrogen and oxygen atoms in total. The van der Waals surface area contributed by atoms with Crippen molar-refractivity contribution < 1.29 is 18.7 Å². The van der Waals surface area contributed by atoms with Crippen molar-refractivity contribution in [3.8, 4) is 0 Å². The summed E-state index contributed by atoms with van der Waals surface area (Å²) in [5, 5.41) is 0. The van der Waals surface area contributed by atoms with Gasteiger partial charge in [-0.1, -0.05) is 25.1 Å². The Morgan fingerprint density at radius 1 is 1.23 bits per heavy atom. The molecule has 0 aliphatic carbocycles. The van der Waals surface area contributed by atoms with Gasteiger partial charge in [-0.3, -0.25) is 9.79 Å². The number of pyridine rings is 1. The number of amides is 1. The lowest BCUT2D eigenvalue weighted by Gasteiger charge is -2.38. The quantitative estimate of drug-likeness (QED) is 0.261. The smallest absolute Gasteiger partial charge is 0.357 e. The third kappa shape index (κ3) is 5.68. The van der Waals surface area contributed by atoms with Crippen molar-refractivity contribution in [2.45, 2.75) is 31.3 Å².